The number of nitrogens with zero attached hydrogens (tertiary/aromatic N) is 2. The zero-order chi connectivity index (χ0) is 14.8. The van der Waals surface area contributed by atoms with Crippen LogP contribution >= 0.6 is 23.2 Å². The first kappa shape index (κ1) is 15.6. The number of piperazine rings is 1. The largest absolute Gasteiger partial charge is 0.315 e. The normalized spacial score (nSPS) is 24.6. The summed E-state index contributed by atoms with van der Waals surface area (Å²) in [6, 6.07) is 4.91. The maximum Gasteiger partial charge on any atom is 0.0640 e. The Bertz CT molecular complexity index is 493. The Morgan fingerprint density at radius 1 is 1.14 bits per heavy atom. The molecule has 2 heterocycles. The minimum Gasteiger partial charge on any atom is -0.315 e. The van der Waals surface area contributed by atoms with E-state index in [1.165, 1.54) is 13.0 Å². The van der Waals surface area contributed by atoms with Crippen molar-refractivity contribution in [3.05, 3.63) is 33.3 Å². The monoisotopic (exact) mass is 327 g/mol. The van der Waals surface area contributed by atoms with E-state index in [1.54, 1.807) is 0 Å². The highest BCUT2D eigenvalue weighted by molar-refractivity contribution is 6.42. The molecule has 21 heavy (non-hydrogen) atoms. The second-order valence-electron chi connectivity index (χ2n) is 6.13. The highest BCUT2D eigenvalue weighted by Gasteiger charge is 2.26. The van der Waals surface area contributed by atoms with Crippen LogP contribution in [0.5, 0.6) is 0 Å². The van der Waals surface area contributed by atoms with Gasteiger partial charge in [0.05, 0.1) is 10.0 Å². The van der Waals surface area contributed by atoms with Gasteiger partial charge in [-0.05, 0) is 31.0 Å². The topological polar surface area (TPSA) is 18.5 Å². The third-order valence-electron chi connectivity index (χ3n) is 4.71. The highest BCUT2D eigenvalue weighted by atomic mass is 35.5. The van der Waals surface area contributed by atoms with E-state index in [4.69, 9.17) is 23.2 Å². The predicted molar refractivity (Wildman–Crippen MR) is 89.3 cm³/mol. The smallest absolute Gasteiger partial charge is 0.0640 e. The van der Waals surface area contributed by atoms with Gasteiger partial charge in [-0.15, -0.1) is 0 Å². The maximum absolute atomic E-state index is 6.37. The molecular weight excluding hydrogens is 305 g/mol. The van der Waals surface area contributed by atoms with E-state index < -0.39 is 0 Å². The summed E-state index contributed by atoms with van der Waals surface area (Å²) >= 11 is 12.6. The summed E-state index contributed by atoms with van der Waals surface area (Å²) in [7, 11) is 0. The van der Waals surface area contributed by atoms with Crippen LogP contribution in [0.3, 0.4) is 0 Å². The number of benzene rings is 1. The van der Waals surface area contributed by atoms with Gasteiger partial charge in [-0.3, -0.25) is 9.80 Å². The van der Waals surface area contributed by atoms with Gasteiger partial charge in [-0.1, -0.05) is 35.3 Å². The minimum atomic E-state index is 0.699. The Balaban J connectivity index is 1.57. The lowest BCUT2D eigenvalue weighted by molar-refractivity contribution is 0.0981. The van der Waals surface area contributed by atoms with Crippen LogP contribution in [0.1, 0.15) is 17.5 Å². The number of hydrogen-bond donors (Lipinski definition) is 1. The van der Waals surface area contributed by atoms with E-state index in [2.05, 4.69) is 27.2 Å². The number of rotatable bonds is 3. The average molecular weight is 328 g/mol. The summed E-state index contributed by atoms with van der Waals surface area (Å²) in [6.45, 7) is 9.74. The number of aryl methyl sites for hydroxylation is 1. The Hall–Kier alpha value is -0.320. The lowest BCUT2D eigenvalue weighted by Gasteiger charge is -2.38. The molecule has 0 bridgehead atoms. The van der Waals surface area contributed by atoms with Gasteiger partial charge in [0.25, 0.3) is 0 Å². The van der Waals surface area contributed by atoms with Crippen LogP contribution in [-0.2, 0) is 6.54 Å². The minimum absolute atomic E-state index is 0.699. The predicted octanol–water partition coefficient (Wildman–Crippen LogP) is 2.78. The molecule has 2 aliphatic heterocycles. The van der Waals surface area contributed by atoms with Crippen molar-refractivity contribution in [3.8, 4) is 0 Å². The molecule has 0 amide bonds. The molecule has 2 fully saturated rings. The van der Waals surface area contributed by atoms with E-state index >= 15 is 0 Å². The van der Waals surface area contributed by atoms with Gasteiger partial charge < -0.3 is 5.32 Å². The molecule has 116 valence electrons. The lowest BCUT2D eigenvalue weighted by Crippen LogP contribution is -2.50. The molecule has 1 aromatic carbocycles. The van der Waals surface area contributed by atoms with Gasteiger partial charge in [-0.2, -0.15) is 0 Å². The van der Waals surface area contributed by atoms with Crippen molar-refractivity contribution in [2.75, 3.05) is 39.3 Å². The average Bonchev–Trinajstić information content (AvgIpc) is 3.03. The van der Waals surface area contributed by atoms with Crippen LogP contribution < -0.4 is 5.32 Å². The maximum atomic E-state index is 6.37. The molecule has 1 N–H and O–H groups in total. The zero-order valence-electron chi connectivity index (χ0n) is 12.5. The van der Waals surface area contributed by atoms with Crippen molar-refractivity contribution in [2.24, 2.45) is 0 Å². The van der Waals surface area contributed by atoms with Crippen molar-refractivity contribution in [1.29, 1.82) is 0 Å². The first-order valence-corrected chi connectivity index (χ1v) is 8.51. The Morgan fingerprint density at radius 3 is 2.57 bits per heavy atom. The van der Waals surface area contributed by atoms with E-state index in [9.17, 15) is 0 Å². The molecule has 0 unspecified atom stereocenters. The molecule has 3 rings (SSSR count). The van der Waals surface area contributed by atoms with Gasteiger partial charge in [0.2, 0.25) is 0 Å². The summed E-state index contributed by atoms with van der Waals surface area (Å²) in [5, 5.41) is 4.87. The van der Waals surface area contributed by atoms with Crippen LogP contribution in [0.25, 0.3) is 0 Å². The third kappa shape index (κ3) is 3.54. The fourth-order valence-corrected chi connectivity index (χ4v) is 3.74. The molecule has 0 aromatic heterocycles. The third-order valence-corrected chi connectivity index (χ3v) is 5.72. The molecular formula is C16H23Cl2N3. The first-order chi connectivity index (χ1) is 10.1. The molecule has 2 aliphatic rings. The Kier molecular flexibility index (Phi) is 5.07. The van der Waals surface area contributed by atoms with Crippen molar-refractivity contribution in [1.82, 2.24) is 15.1 Å². The van der Waals surface area contributed by atoms with Crippen LogP contribution in [0.2, 0.25) is 10.0 Å². The zero-order valence-corrected chi connectivity index (χ0v) is 14.1. The molecule has 0 spiro atoms. The van der Waals surface area contributed by atoms with Crippen LogP contribution in [0.15, 0.2) is 12.1 Å². The first-order valence-electron chi connectivity index (χ1n) is 7.76. The molecule has 0 aliphatic carbocycles. The summed E-state index contributed by atoms with van der Waals surface area (Å²) in [5.74, 6) is 0. The highest BCUT2D eigenvalue weighted by Crippen LogP contribution is 2.30. The summed E-state index contributed by atoms with van der Waals surface area (Å²) in [5.41, 5.74) is 2.19. The van der Waals surface area contributed by atoms with Crippen molar-refractivity contribution >= 4 is 23.2 Å². The molecule has 1 aromatic rings. The Morgan fingerprint density at radius 2 is 1.90 bits per heavy atom. The number of halogens is 2. The van der Waals surface area contributed by atoms with E-state index in [0.29, 0.717) is 5.02 Å². The van der Waals surface area contributed by atoms with Crippen LogP contribution in [0, 0.1) is 6.92 Å². The van der Waals surface area contributed by atoms with Gasteiger partial charge in [0.1, 0.15) is 0 Å². The van der Waals surface area contributed by atoms with Crippen molar-refractivity contribution in [3.63, 3.8) is 0 Å². The van der Waals surface area contributed by atoms with Crippen LogP contribution in [-0.4, -0.2) is 55.1 Å². The second kappa shape index (κ2) is 6.84. The SMILES string of the molecule is Cc1ccc(CN2CCN([C@H]3CCNC3)CC2)c(Cl)c1Cl. The number of nitrogens with one attached hydrogen (secondary N) is 1. The van der Waals surface area contributed by atoms with E-state index in [-0.39, 0.29) is 0 Å². The van der Waals surface area contributed by atoms with Crippen molar-refractivity contribution < 1.29 is 0 Å². The second-order valence-corrected chi connectivity index (χ2v) is 6.88. The fraction of sp³-hybridized carbons (Fsp3) is 0.625. The van der Waals surface area contributed by atoms with Gasteiger partial charge >= 0.3 is 0 Å². The molecule has 0 saturated carbocycles. The van der Waals surface area contributed by atoms with Crippen LogP contribution in [0.4, 0.5) is 0 Å². The fourth-order valence-electron chi connectivity index (χ4n) is 3.29. The summed E-state index contributed by atoms with van der Waals surface area (Å²) < 4.78 is 0. The Labute approximate surface area is 137 Å². The van der Waals surface area contributed by atoms with Gasteiger partial charge in [0.15, 0.2) is 0 Å². The molecule has 1 atom stereocenters. The van der Waals surface area contributed by atoms with E-state index in [1.807, 2.05) is 6.92 Å². The van der Waals surface area contributed by atoms with Crippen molar-refractivity contribution in [2.45, 2.75) is 25.9 Å². The van der Waals surface area contributed by atoms with E-state index in [0.717, 1.165) is 61.5 Å². The summed E-state index contributed by atoms with van der Waals surface area (Å²) in [6.07, 6.45) is 1.29. The quantitative estimate of drug-likeness (QED) is 0.920. The standard InChI is InChI=1S/C16H23Cl2N3/c1-12-2-3-13(16(18)15(12)17)11-20-6-8-21(9-7-20)14-4-5-19-10-14/h2-3,14,19H,4-11H2,1H3/t14-/m0/s1. The molecule has 0 radical (unpaired) electrons. The molecule has 2 saturated heterocycles. The number of hydrogen-bond acceptors (Lipinski definition) is 3. The molecule has 5 heteroatoms. The van der Waals surface area contributed by atoms with Gasteiger partial charge in [-0.25, -0.2) is 0 Å². The lowest BCUT2D eigenvalue weighted by atomic mass is 10.1. The molecule has 3 nitrogen and oxygen atoms in total. The van der Waals surface area contributed by atoms with Gasteiger partial charge in [0, 0.05) is 45.3 Å². The summed E-state index contributed by atoms with van der Waals surface area (Å²) in [4.78, 5) is 5.10.